The van der Waals surface area contributed by atoms with Gasteiger partial charge in [0.15, 0.2) is 0 Å². The summed E-state index contributed by atoms with van der Waals surface area (Å²) in [5.74, 6) is 1.14. The van der Waals surface area contributed by atoms with Crippen molar-refractivity contribution in [2.75, 3.05) is 12.3 Å². The lowest BCUT2D eigenvalue weighted by molar-refractivity contribution is 1.15. The van der Waals surface area contributed by atoms with Crippen LogP contribution in [0.4, 0.5) is 0 Å². The second kappa shape index (κ2) is 5.00. The van der Waals surface area contributed by atoms with Crippen LogP contribution < -0.4 is 5.73 Å². The van der Waals surface area contributed by atoms with E-state index in [0.29, 0.717) is 0 Å². The van der Waals surface area contributed by atoms with E-state index >= 15 is 0 Å². The first kappa shape index (κ1) is 13.7. The fourth-order valence-corrected chi connectivity index (χ4v) is 17.5. The van der Waals surface area contributed by atoms with Crippen LogP contribution in [0.15, 0.2) is 0 Å². The Morgan fingerprint density at radius 2 is 1.38 bits per heavy atom. The third-order valence-corrected chi connectivity index (χ3v) is 16.4. The zero-order chi connectivity index (χ0) is 10.7. The highest BCUT2D eigenvalue weighted by molar-refractivity contribution is 8.03. The molecule has 0 aliphatic heterocycles. The molecule has 13 heavy (non-hydrogen) atoms. The van der Waals surface area contributed by atoms with Crippen molar-refractivity contribution in [2.45, 2.75) is 43.8 Å². The largest absolute Gasteiger partial charge is 0.330 e. The van der Waals surface area contributed by atoms with E-state index in [0.717, 1.165) is 16.8 Å². The van der Waals surface area contributed by atoms with Crippen LogP contribution in [0.3, 0.4) is 0 Å². The Morgan fingerprint density at radius 3 is 1.62 bits per heavy atom. The molecule has 80 valence electrons. The topological polar surface area (TPSA) is 26.0 Å². The summed E-state index contributed by atoms with van der Waals surface area (Å²) in [6.45, 7) is 15.7. The van der Waals surface area contributed by atoms with E-state index in [9.17, 15) is 0 Å². The molecule has 0 aliphatic carbocycles. The van der Waals surface area contributed by atoms with E-state index < -0.39 is 16.1 Å². The van der Waals surface area contributed by atoms with Crippen molar-refractivity contribution in [2.24, 2.45) is 5.73 Å². The lowest BCUT2D eigenvalue weighted by atomic mass is 10.8. The fourth-order valence-electron chi connectivity index (χ4n) is 1.98. The molecule has 1 nitrogen and oxygen atoms in total. The van der Waals surface area contributed by atoms with Gasteiger partial charge in [0, 0.05) is 12.3 Å². The minimum atomic E-state index is -0.990. The quantitative estimate of drug-likeness (QED) is 0.742. The summed E-state index contributed by atoms with van der Waals surface area (Å²) in [5.41, 5.74) is 5.57. The fraction of sp³-hybridized carbons (Fsp3) is 1.00. The molecule has 0 unspecified atom stereocenters. The van der Waals surface area contributed by atoms with Gasteiger partial charge in [0.1, 0.15) is 0 Å². The van der Waals surface area contributed by atoms with Gasteiger partial charge in [-0.3, -0.25) is 0 Å². The summed E-state index contributed by atoms with van der Waals surface area (Å²) < 4.78 is 0.948. The second-order valence-electron chi connectivity index (χ2n) is 5.77. The molecule has 0 saturated heterocycles. The Labute approximate surface area is 89.9 Å². The summed E-state index contributed by atoms with van der Waals surface area (Å²) in [4.78, 5) is 0. The van der Waals surface area contributed by atoms with Crippen LogP contribution in [0.2, 0.25) is 39.3 Å². The average Bonchev–Trinajstić information content (AvgIpc) is 1.81. The van der Waals surface area contributed by atoms with Gasteiger partial charge in [0.2, 0.25) is 0 Å². The van der Waals surface area contributed by atoms with Crippen molar-refractivity contribution in [1.29, 1.82) is 0 Å². The lowest BCUT2D eigenvalue weighted by Gasteiger charge is -2.37. The van der Waals surface area contributed by atoms with Crippen LogP contribution in [-0.4, -0.2) is 32.9 Å². The van der Waals surface area contributed by atoms with Crippen LogP contribution in [0, 0.1) is 0 Å². The first-order valence-electron chi connectivity index (χ1n) is 5.01. The zero-order valence-electron chi connectivity index (χ0n) is 9.98. The van der Waals surface area contributed by atoms with E-state index in [4.69, 9.17) is 5.73 Å². The minimum absolute atomic E-state index is 0.829. The van der Waals surface area contributed by atoms with Gasteiger partial charge in [0.05, 0.1) is 16.1 Å². The summed E-state index contributed by atoms with van der Waals surface area (Å²) >= 11 is 2.13. The molecular formula is C9H25NSSi2. The van der Waals surface area contributed by atoms with Gasteiger partial charge in [-0.15, -0.1) is 0 Å². The van der Waals surface area contributed by atoms with Gasteiger partial charge < -0.3 is 5.73 Å². The second-order valence-corrected chi connectivity index (χ2v) is 19.0. The van der Waals surface area contributed by atoms with Gasteiger partial charge in [-0.25, -0.2) is 0 Å². The maximum absolute atomic E-state index is 5.57. The van der Waals surface area contributed by atoms with Gasteiger partial charge >= 0.3 is 0 Å². The van der Waals surface area contributed by atoms with Gasteiger partial charge in [-0.1, -0.05) is 39.3 Å². The van der Waals surface area contributed by atoms with Gasteiger partial charge in [0.25, 0.3) is 0 Å². The molecular weight excluding hydrogens is 210 g/mol. The Hall–Kier alpha value is 0.744. The molecule has 0 saturated carbocycles. The van der Waals surface area contributed by atoms with Crippen molar-refractivity contribution >= 4 is 27.9 Å². The van der Waals surface area contributed by atoms with Crippen molar-refractivity contribution in [3.05, 3.63) is 0 Å². The van der Waals surface area contributed by atoms with Crippen LogP contribution in [0.1, 0.15) is 0 Å². The highest BCUT2D eigenvalue weighted by atomic mass is 32.2. The standard InChI is InChI=1S/C9H25NSSi2/c1-12(2,3)9(11-8-7-10)13(4,5)6/h9H,7-8,10H2,1-6H3. The third-order valence-electron chi connectivity index (χ3n) is 1.98. The Morgan fingerprint density at radius 1 is 1.00 bits per heavy atom. The number of hydrogen-bond donors (Lipinski definition) is 1. The molecule has 0 aromatic carbocycles. The monoisotopic (exact) mass is 235 g/mol. The van der Waals surface area contributed by atoms with Gasteiger partial charge in [-0.05, 0) is 4.50 Å². The minimum Gasteiger partial charge on any atom is -0.330 e. The predicted molar refractivity (Wildman–Crippen MR) is 72.0 cm³/mol. The Bertz CT molecular complexity index is 135. The Balaban J connectivity index is 4.39. The van der Waals surface area contributed by atoms with E-state index in [-0.39, 0.29) is 0 Å². The molecule has 0 fully saturated rings. The molecule has 0 atom stereocenters. The van der Waals surface area contributed by atoms with Crippen LogP contribution in [0.25, 0.3) is 0 Å². The molecule has 0 aromatic rings. The van der Waals surface area contributed by atoms with Crippen molar-refractivity contribution < 1.29 is 0 Å². The number of rotatable bonds is 5. The van der Waals surface area contributed by atoms with Crippen molar-refractivity contribution in [3.8, 4) is 0 Å². The summed E-state index contributed by atoms with van der Waals surface area (Å²) in [6, 6.07) is 0. The summed E-state index contributed by atoms with van der Waals surface area (Å²) in [7, 11) is -1.98. The molecule has 0 spiro atoms. The maximum atomic E-state index is 5.57. The molecule has 0 heterocycles. The molecule has 4 heteroatoms. The van der Waals surface area contributed by atoms with Gasteiger partial charge in [-0.2, -0.15) is 11.8 Å². The Kier molecular flexibility index (Phi) is 5.29. The molecule has 2 N–H and O–H groups in total. The molecule has 0 bridgehead atoms. The maximum Gasteiger partial charge on any atom is 0.0554 e. The molecule has 0 amide bonds. The smallest absolute Gasteiger partial charge is 0.0554 e. The highest BCUT2D eigenvalue weighted by Gasteiger charge is 2.37. The van der Waals surface area contributed by atoms with E-state index in [2.05, 4.69) is 51.0 Å². The summed E-state index contributed by atoms with van der Waals surface area (Å²) in [6.07, 6.45) is 0. The predicted octanol–water partition coefficient (Wildman–Crippen LogP) is 2.80. The van der Waals surface area contributed by atoms with Crippen molar-refractivity contribution in [3.63, 3.8) is 0 Å². The molecule has 0 aromatic heterocycles. The van der Waals surface area contributed by atoms with Crippen molar-refractivity contribution in [1.82, 2.24) is 0 Å². The van der Waals surface area contributed by atoms with E-state index in [1.807, 2.05) is 0 Å². The third kappa shape index (κ3) is 5.25. The zero-order valence-corrected chi connectivity index (χ0v) is 12.8. The first-order valence-corrected chi connectivity index (χ1v) is 13.2. The molecule has 0 rings (SSSR count). The normalized spacial score (nSPS) is 13.8. The summed E-state index contributed by atoms with van der Waals surface area (Å²) in [5, 5.41) is 0. The highest BCUT2D eigenvalue weighted by Crippen LogP contribution is 2.30. The first-order chi connectivity index (χ1) is 5.69. The molecule has 0 aliphatic rings. The molecule has 0 radical (unpaired) electrons. The SMILES string of the molecule is C[Si](C)(C)C(SCCN)[Si](C)(C)C. The lowest BCUT2D eigenvalue weighted by Crippen LogP contribution is -2.52. The van der Waals surface area contributed by atoms with Crippen LogP contribution in [-0.2, 0) is 0 Å². The number of hydrogen-bond acceptors (Lipinski definition) is 2. The number of nitrogens with two attached hydrogens (primary N) is 1. The van der Waals surface area contributed by atoms with E-state index in [1.165, 1.54) is 0 Å². The van der Waals surface area contributed by atoms with E-state index in [1.54, 1.807) is 0 Å². The number of thioether (sulfide) groups is 1. The van der Waals surface area contributed by atoms with Crippen LogP contribution in [0.5, 0.6) is 0 Å². The van der Waals surface area contributed by atoms with Crippen LogP contribution >= 0.6 is 11.8 Å². The average molecular weight is 236 g/mol.